The van der Waals surface area contributed by atoms with Crippen LogP contribution in [0, 0.1) is 11.3 Å². The molecule has 0 unspecified atom stereocenters. The predicted octanol–water partition coefficient (Wildman–Crippen LogP) is 1.98. The number of nitrogens with one attached hydrogen (secondary N) is 3. The number of nitrogens with two attached hydrogens (primary N) is 1. The van der Waals surface area contributed by atoms with Gasteiger partial charge in [0.2, 0.25) is 21.8 Å². The fourth-order valence-corrected chi connectivity index (χ4v) is 5.78. The van der Waals surface area contributed by atoms with E-state index in [9.17, 15) is 23.1 Å². The van der Waals surface area contributed by atoms with Crippen molar-refractivity contribution in [3.05, 3.63) is 29.3 Å². The van der Waals surface area contributed by atoms with Gasteiger partial charge < -0.3 is 21.1 Å². The third-order valence-electron chi connectivity index (χ3n) is 6.95. The van der Waals surface area contributed by atoms with Gasteiger partial charge in [-0.2, -0.15) is 0 Å². The number of hydrogen-bond donors (Lipinski definition) is 5. The zero-order valence-corrected chi connectivity index (χ0v) is 22.3. The third-order valence-corrected chi connectivity index (χ3v) is 8.36. The molecule has 1 aliphatic carbocycles. The minimum Gasteiger partial charge on any atom is -0.507 e. The molecule has 2 fully saturated rings. The Labute approximate surface area is 219 Å². The van der Waals surface area contributed by atoms with Crippen molar-refractivity contribution >= 4 is 40.1 Å². The minimum atomic E-state index is -3.59. The number of phenolic OH excluding ortho intramolecular Hbond substituents is 1. The maximum atomic E-state index is 13.5. The van der Waals surface area contributed by atoms with Gasteiger partial charge in [0, 0.05) is 13.1 Å². The maximum absolute atomic E-state index is 13.5. The first-order chi connectivity index (χ1) is 16.6. The van der Waals surface area contributed by atoms with E-state index in [1.54, 1.807) is 6.07 Å². The number of amidine groups is 1. The highest BCUT2D eigenvalue weighted by Crippen LogP contribution is 2.29. The molecule has 0 aromatic heterocycles. The molecule has 2 atom stereocenters. The van der Waals surface area contributed by atoms with Crippen LogP contribution >= 0.6 is 12.4 Å². The number of sulfonamides is 1. The number of hydrogen-bond acceptors (Lipinski definition) is 6. The van der Waals surface area contributed by atoms with Crippen molar-refractivity contribution < 1.29 is 23.1 Å². The molecular weight excluding hydrogens is 506 g/mol. The smallest absolute Gasteiger partial charge is 0.243 e. The van der Waals surface area contributed by atoms with Gasteiger partial charge in [0.25, 0.3) is 0 Å². The van der Waals surface area contributed by atoms with Crippen LogP contribution in [0.25, 0.3) is 0 Å². The molecule has 2 aliphatic rings. The van der Waals surface area contributed by atoms with E-state index in [-0.39, 0.29) is 59.6 Å². The van der Waals surface area contributed by atoms with E-state index < -0.39 is 22.1 Å². The fraction of sp³-hybridized carbons (Fsp3) is 0.625. The normalized spacial score (nSPS) is 19.4. The number of benzene rings is 1. The van der Waals surface area contributed by atoms with Crippen LogP contribution in [0.3, 0.4) is 0 Å². The molecule has 202 valence electrons. The summed E-state index contributed by atoms with van der Waals surface area (Å²) in [5, 5.41) is 20.3. The van der Waals surface area contributed by atoms with Crippen LogP contribution in [0.4, 0.5) is 0 Å². The molecule has 1 aliphatic heterocycles. The van der Waals surface area contributed by atoms with Crippen molar-refractivity contribution in [1.82, 2.24) is 14.9 Å². The molecule has 1 aromatic carbocycles. The molecule has 1 saturated heterocycles. The summed E-state index contributed by atoms with van der Waals surface area (Å²) in [6, 6.07) is 3.07. The van der Waals surface area contributed by atoms with E-state index in [1.165, 1.54) is 30.4 Å². The summed E-state index contributed by atoms with van der Waals surface area (Å²) in [5.41, 5.74) is 6.26. The van der Waals surface area contributed by atoms with Crippen LogP contribution < -0.4 is 15.8 Å². The zero-order chi connectivity index (χ0) is 25.6. The summed E-state index contributed by atoms with van der Waals surface area (Å²) in [7, 11) is -3.59. The number of nitrogens with zero attached hydrogens (tertiary/aromatic N) is 1. The van der Waals surface area contributed by atoms with E-state index in [1.807, 2.05) is 0 Å². The monoisotopic (exact) mass is 543 g/mol. The number of rotatable bonds is 10. The molecule has 10 nitrogen and oxygen atoms in total. The summed E-state index contributed by atoms with van der Waals surface area (Å²) in [6.07, 6.45) is 6.92. The third kappa shape index (κ3) is 7.81. The quantitative estimate of drug-likeness (QED) is 0.223. The van der Waals surface area contributed by atoms with E-state index in [2.05, 4.69) is 10.0 Å². The SMILES string of the molecule is CCS(=O)(=O)N[C@H](CC1CCCCC1)C(=O)N1CCC[C@H]1C(=O)NCc1ccc(C(=N)N)c(O)c1.Cl. The number of carbonyl (C=O) groups excluding carboxylic acids is 2. The van der Waals surface area contributed by atoms with Gasteiger partial charge in [0.15, 0.2) is 0 Å². The van der Waals surface area contributed by atoms with E-state index in [0.717, 1.165) is 25.7 Å². The molecule has 3 rings (SSSR count). The highest BCUT2D eigenvalue weighted by atomic mass is 35.5. The molecule has 36 heavy (non-hydrogen) atoms. The lowest BCUT2D eigenvalue weighted by Gasteiger charge is -2.31. The van der Waals surface area contributed by atoms with Gasteiger partial charge in [-0.05, 0) is 49.8 Å². The first-order valence-electron chi connectivity index (χ1n) is 12.4. The fourth-order valence-electron chi connectivity index (χ4n) is 4.98. The second-order valence-corrected chi connectivity index (χ2v) is 11.5. The second-order valence-electron chi connectivity index (χ2n) is 9.49. The van der Waals surface area contributed by atoms with Gasteiger partial charge in [-0.3, -0.25) is 15.0 Å². The minimum absolute atomic E-state index is 0. The lowest BCUT2D eigenvalue weighted by atomic mass is 9.84. The average Bonchev–Trinajstić information content (AvgIpc) is 3.32. The molecule has 1 aromatic rings. The lowest BCUT2D eigenvalue weighted by molar-refractivity contribution is -0.140. The number of likely N-dealkylation sites (tertiary alicyclic amines) is 1. The van der Waals surface area contributed by atoms with Crippen molar-refractivity contribution in [1.29, 1.82) is 5.41 Å². The van der Waals surface area contributed by atoms with Crippen LogP contribution in [0.5, 0.6) is 5.75 Å². The van der Waals surface area contributed by atoms with Gasteiger partial charge in [-0.1, -0.05) is 38.2 Å². The summed E-state index contributed by atoms with van der Waals surface area (Å²) in [4.78, 5) is 28.0. The topological polar surface area (TPSA) is 166 Å². The maximum Gasteiger partial charge on any atom is 0.243 e. The number of nitrogen functional groups attached to an aromatic ring is 1. The van der Waals surface area contributed by atoms with Crippen molar-refractivity contribution in [2.45, 2.75) is 76.9 Å². The van der Waals surface area contributed by atoms with Crippen LogP contribution in [0.1, 0.15) is 69.4 Å². The van der Waals surface area contributed by atoms with Gasteiger partial charge >= 0.3 is 0 Å². The molecule has 12 heteroatoms. The highest BCUT2D eigenvalue weighted by Gasteiger charge is 2.39. The van der Waals surface area contributed by atoms with Crippen LogP contribution in [-0.4, -0.2) is 60.5 Å². The first kappa shape index (κ1) is 29.9. The number of phenols is 1. The predicted molar refractivity (Wildman–Crippen MR) is 141 cm³/mol. The molecule has 2 amide bonds. The Kier molecular flexibility index (Phi) is 11.0. The van der Waals surface area contributed by atoms with Crippen LogP contribution in [0.15, 0.2) is 18.2 Å². The van der Waals surface area contributed by atoms with Gasteiger partial charge in [-0.25, -0.2) is 13.1 Å². The first-order valence-corrected chi connectivity index (χ1v) is 14.0. The van der Waals surface area contributed by atoms with E-state index in [0.29, 0.717) is 31.4 Å². The second kappa shape index (κ2) is 13.3. The number of aromatic hydroxyl groups is 1. The Morgan fingerprint density at radius 1 is 1.19 bits per heavy atom. The standard InChI is InChI=1S/C24H37N5O5S.ClH/c1-2-35(33,34)28-19(13-16-7-4-3-5-8-16)24(32)29-12-6-9-20(29)23(31)27-15-17-10-11-18(22(25)26)21(30)14-17;/h10-11,14,16,19-20,28,30H,2-9,12-13,15H2,1H3,(H3,25,26)(H,27,31);1H/t19-,20+;/m1./s1. The average molecular weight is 544 g/mol. The Morgan fingerprint density at radius 2 is 1.89 bits per heavy atom. The zero-order valence-electron chi connectivity index (χ0n) is 20.7. The van der Waals surface area contributed by atoms with Gasteiger partial charge in [-0.15, -0.1) is 12.4 Å². The van der Waals surface area contributed by atoms with Crippen molar-refractivity contribution in [2.24, 2.45) is 11.7 Å². The van der Waals surface area contributed by atoms with E-state index >= 15 is 0 Å². The molecule has 6 N–H and O–H groups in total. The molecule has 0 radical (unpaired) electrons. The molecular formula is C24H38ClN5O5S. The van der Waals surface area contributed by atoms with Gasteiger partial charge in [0.05, 0.1) is 11.3 Å². The highest BCUT2D eigenvalue weighted by molar-refractivity contribution is 7.89. The Balaban J connectivity index is 0.00000456. The van der Waals surface area contributed by atoms with Crippen LogP contribution in [0.2, 0.25) is 0 Å². The summed E-state index contributed by atoms with van der Waals surface area (Å²) < 4.78 is 27.3. The van der Waals surface area contributed by atoms with Crippen molar-refractivity contribution in [2.75, 3.05) is 12.3 Å². The number of halogens is 1. The summed E-state index contributed by atoms with van der Waals surface area (Å²) in [6.45, 7) is 2.08. The Bertz CT molecular complexity index is 1050. The number of carbonyl (C=O) groups is 2. The summed E-state index contributed by atoms with van der Waals surface area (Å²) >= 11 is 0. The Hall–Kier alpha value is -2.37. The van der Waals surface area contributed by atoms with Gasteiger partial charge in [0.1, 0.15) is 23.7 Å². The number of amides is 2. The summed E-state index contributed by atoms with van der Waals surface area (Å²) in [5.74, 6) is -0.872. The molecule has 0 bridgehead atoms. The molecule has 1 heterocycles. The van der Waals surface area contributed by atoms with Crippen molar-refractivity contribution in [3.63, 3.8) is 0 Å². The molecule has 0 spiro atoms. The molecule has 1 saturated carbocycles. The van der Waals surface area contributed by atoms with E-state index in [4.69, 9.17) is 11.1 Å². The Morgan fingerprint density at radius 3 is 2.50 bits per heavy atom. The largest absolute Gasteiger partial charge is 0.507 e. The van der Waals surface area contributed by atoms with Crippen LogP contribution in [-0.2, 0) is 26.2 Å². The van der Waals surface area contributed by atoms with Crippen molar-refractivity contribution in [3.8, 4) is 5.75 Å². The lowest BCUT2D eigenvalue weighted by Crippen LogP contribution is -2.54.